The molecule has 0 spiro atoms. The van der Waals surface area contributed by atoms with E-state index in [2.05, 4.69) is 0 Å². The minimum Gasteiger partial charge on any atom is -0.490 e. The first-order valence-corrected chi connectivity index (χ1v) is 6.13. The SMILES string of the molecule is CC1Cc2cc(C(=O)c3ccc([N+](=O)[O-])o3)ccc2O1. The third kappa shape index (κ3) is 2.05. The molecule has 6 heteroatoms. The first-order valence-electron chi connectivity index (χ1n) is 6.13. The van der Waals surface area contributed by atoms with Gasteiger partial charge in [-0.15, -0.1) is 0 Å². The van der Waals surface area contributed by atoms with Crippen molar-refractivity contribution in [2.24, 2.45) is 0 Å². The van der Waals surface area contributed by atoms with Crippen LogP contribution >= 0.6 is 0 Å². The van der Waals surface area contributed by atoms with Crippen LogP contribution < -0.4 is 4.74 Å². The highest BCUT2D eigenvalue weighted by Crippen LogP contribution is 2.30. The number of carbonyl (C=O) groups is 1. The monoisotopic (exact) mass is 273 g/mol. The highest BCUT2D eigenvalue weighted by atomic mass is 16.6. The molecule has 0 amide bonds. The van der Waals surface area contributed by atoms with Gasteiger partial charge in [0, 0.05) is 12.0 Å². The molecular weight excluding hydrogens is 262 g/mol. The van der Waals surface area contributed by atoms with Crippen LogP contribution in [0.1, 0.15) is 28.6 Å². The maximum atomic E-state index is 12.2. The summed E-state index contributed by atoms with van der Waals surface area (Å²) in [4.78, 5) is 22.1. The van der Waals surface area contributed by atoms with E-state index in [1.807, 2.05) is 6.92 Å². The number of ketones is 1. The van der Waals surface area contributed by atoms with Gasteiger partial charge in [-0.1, -0.05) is 0 Å². The molecule has 2 heterocycles. The van der Waals surface area contributed by atoms with E-state index in [1.165, 1.54) is 12.1 Å². The van der Waals surface area contributed by atoms with Crippen molar-refractivity contribution in [2.45, 2.75) is 19.4 Å². The molecule has 1 atom stereocenters. The second-order valence-electron chi connectivity index (χ2n) is 4.68. The lowest BCUT2D eigenvalue weighted by Gasteiger charge is -2.02. The molecule has 102 valence electrons. The summed E-state index contributed by atoms with van der Waals surface area (Å²) >= 11 is 0. The lowest BCUT2D eigenvalue weighted by atomic mass is 10.0. The van der Waals surface area contributed by atoms with E-state index >= 15 is 0 Å². The smallest absolute Gasteiger partial charge is 0.433 e. The lowest BCUT2D eigenvalue weighted by molar-refractivity contribution is -0.402. The molecule has 0 saturated carbocycles. The van der Waals surface area contributed by atoms with Crippen LogP contribution in [0.2, 0.25) is 0 Å². The second-order valence-corrected chi connectivity index (χ2v) is 4.68. The normalized spacial score (nSPS) is 16.6. The molecule has 1 aliphatic heterocycles. The zero-order chi connectivity index (χ0) is 14.3. The van der Waals surface area contributed by atoms with Crippen LogP contribution in [-0.4, -0.2) is 16.8 Å². The Balaban J connectivity index is 1.91. The molecule has 1 aromatic heterocycles. The van der Waals surface area contributed by atoms with E-state index in [9.17, 15) is 14.9 Å². The summed E-state index contributed by atoms with van der Waals surface area (Å²) in [6.07, 6.45) is 0.842. The Bertz CT molecular complexity index is 703. The van der Waals surface area contributed by atoms with Gasteiger partial charge in [0.2, 0.25) is 5.78 Å². The molecule has 6 nitrogen and oxygen atoms in total. The number of nitrogens with zero attached hydrogens (tertiary/aromatic N) is 1. The van der Waals surface area contributed by atoms with Gasteiger partial charge in [-0.25, -0.2) is 0 Å². The largest absolute Gasteiger partial charge is 0.490 e. The number of hydrogen-bond acceptors (Lipinski definition) is 5. The molecular formula is C14H11NO5. The minimum absolute atomic E-state index is 0.0383. The van der Waals surface area contributed by atoms with Gasteiger partial charge in [0.15, 0.2) is 5.76 Å². The van der Waals surface area contributed by atoms with E-state index in [1.54, 1.807) is 18.2 Å². The molecule has 3 rings (SSSR count). The predicted octanol–water partition coefficient (Wildman–Crippen LogP) is 2.74. The fourth-order valence-electron chi connectivity index (χ4n) is 2.25. The molecule has 0 N–H and O–H groups in total. The summed E-state index contributed by atoms with van der Waals surface area (Å²) in [5.74, 6) is -0.0741. The first kappa shape index (κ1) is 12.4. The Kier molecular flexibility index (Phi) is 2.78. The van der Waals surface area contributed by atoms with Crippen molar-refractivity contribution in [3.63, 3.8) is 0 Å². The van der Waals surface area contributed by atoms with E-state index in [0.717, 1.165) is 17.7 Å². The number of nitro groups is 1. The topological polar surface area (TPSA) is 82.6 Å². The number of benzene rings is 1. The maximum Gasteiger partial charge on any atom is 0.433 e. The third-order valence-electron chi connectivity index (χ3n) is 3.15. The van der Waals surface area contributed by atoms with Crippen LogP contribution in [0, 0.1) is 10.1 Å². The van der Waals surface area contributed by atoms with E-state index in [4.69, 9.17) is 9.15 Å². The number of furan rings is 1. The number of fused-ring (bicyclic) bond motifs is 1. The summed E-state index contributed by atoms with van der Waals surface area (Å²) in [7, 11) is 0. The predicted molar refractivity (Wildman–Crippen MR) is 69.0 cm³/mol. The zero-order valence-electron chi connectivity index (χ0n) is 10.7. The van der Waals surface area contributed by atoms with Gasteiger partial charge in [0.25, 0.3) is 0 Å². The fourth-order valence-corrected chi connectivity index (χ4v) is 2.25. The van der Waals surface area contributed by atoms with Crippen LogP contribution in [0.15, 0.2) is 34.7 Å². The van der Waals surface area contributed by atoms with Crippen LogP contribution in [0.5, 0.6) is 5.75 Å². The molecule has 2 aromatic rings. The molecule has 20 heavy (non-hydrogen) atoms. The van der Waals surface area contributed by atoms with Crippen molar-refractivity contribution in [1.29, 1.82) is 0 Å². The van der Waals surface area contributed by atoms with Crippen molar-refractivity contribution in [1.82, 2.24) is 0 Å². The van der Waals surface area contributed by atoms with Crippen LogP contribution in [0.4, 0.5) is 5.88 Å². The van der Waals surface area contributed by atoms with E-state index in [0.29, 0.717) is 5.56 Å². The molecule has 1 aliphatic rings. The summed E-state index contributed by atoms with van der Waals surface area (Å²) < 4.78 is 10.5. The number of ether oxygens (including phenoxy) is 1. The first-order chi connectivity index (χ1) is 9.54. The Morgan fingerprint density at radius 2 is 2.15 bits per heavy atom. The molecule has 1 unspecified atom stereocenters. The Morgan fingerprint density at radius 3 is 2.85 bits per heavy atom. The molecule has 0 saturated heterocycles. The number of rotatable bonds is 3. The van der Waals surface area contributed by atoms with Gasteiger partial charge >= 0.3 is 5.88 Å². The van der Waals surface area contributed by atoms with Gasteiger partial charge in [0.05, 0.1) is 6.07 Å². The molecule has 0 radical (unpaired) electrons. The molecule has 0 bridgehead atoms. The van der Waals surface area contributed by atoms with Crippen molar-refractivity contribution in [3.8, 4) is 5.75 Å². The zero-order valence-corrected chi connectivity index (χ0v) is 10.7. The van der Waals surface area contributed by atoms with Crippen molar-refractivity contribution >= 4 is 11.7 Å². The summed E-state index contributed by atoms with van der Waals surface area (Å²) in [5, 5.41) is 10.5. The summed E-state index contributed by atoms with van der Waals surface area (Å²) in [6.45, 7) is 1.96. The molecule has 0 aliphatic carbocycles. The Hall–Kier alpha value is -2.63. The average Bonchev–Trinajstić information content (AvgIpc) is 3.02. The third-order valence-corrected chi connectivity index (χ3v) is 3.15. The van der Waals surface area contributed by atoms with Crippen molar-refractivity contribution in [3.05, 3.63) is 57.3 Å². The fraction of sp³-hybridized carbons (Fsp3) is 0.214. The van der Waals surface area contributed by atoms with E-state index in [-0.39, 0.29) is 17.6 Å². The number of hydrogen-bond donors (Lipinski definition) is 0. The van der Waals surface area contributed by atoms with Crippen molar-refractivity contribution in [2.75, 3.05) is 0 Å². The Morgan fingerprint density at radius 1 is 1.35 bits per heavy atom. The van der Waals surface area contributed by atoms with Gasteiger partial charge in [-0.05, 0) is 36.8 Å². The lowest BCUT2D eigenvalue weighted by Crippen LogP contribution is -2.05. The number of carbonyl (C=O) groups excluding carboxylic acids is 1. The highest BCUT2D eigenvalue weighted by Gasteiger charge is 2.23. The van der Waals surface area contributed by atoms with E-state index < -0.39 is 10.8 Å². The molecule has 0 fully saturated rings. The van der Waals surface area contributed by atoms with Crippen LogP contribution in [0.3, 0.4) is 0 Å². The summed E-state index contributed by atoms with van der Waals surface area (Å²) in [6, 6.07) is 7.60. The highest BCUT2D eigenvalue weighted by molar-refractivity contribution is 6.07. The van der Waals surface area contributed by atoms with Gasteiger partial charge in [-0.3, -0.25) is 14.9 Å². The quantitative estimate of drug-likeness (QED) is 0.488. The average molecular weight is 273 g/mol. The second kappa shape index (κ2) is 4.48. The van der Waals surface area contributed by atoms with Gasteiger partial charge < -0.3 is 9.15 Å². The summed E-state index contributed by atoms with van der Waals surface area (Å²) in [5.41, 5.74) is 1.40. The standard InChI is InChI=1S/C14H11NO5/c1-8-6-10-7-9(2-3-11(10)19-8)14(16)12-4-5-13(20-12)15(17)18/h2-5,7-8H,6H2,1H3. The minimum atomic E-state index is -0.672. The van der Waals surface area contributed by atoms with Crippen LogP contribution in [-0.2, 0) is 6.42 Å². The Labute approximate surface area is 114 Å². The van der Waals surface area contributed by atoms with Crippen LogP contribution in [0.25, 0.3) is 0 Å². The maximum absolute atomic E-state index is 12.2. The molecule has 1 aromatic carbocycles. The van der Waals surface area contributed by atoms with Crippen molar-refractivity contribution < 1.29 is 18.9 Å². The van der Waals surface area contributed by atoms with Gasteiger partial charge in [0.1, 0.15) is 16.8 Å². The van der Waals surface area contributed by atoms with Gasteiger partial charge in [-0.2, -0.15) is 0 Å².